The minimum atomic E-state index is -0.0326. The van der Waals surface area contributed by atoms with Crippen LogP contribution >= 0.6 is 11.6 Å². The quantitative estimate of drug-likeness (QED) is 0.939. The largest absolute Gasteiger partial charge is 0.459 e. The molecule has 102 valence electrons. The van der Waals surface area contributed by atoms with Crippen molar-refractivity contribution in [1.29, 1.82) is 0 Å². The highest BCUT2D eigenvalue weighted by atomic mass is 35.5. The molecule has 1 fully saturated rings. The Bertz CT molecular complexity index is 563. The van der Waals surface area contributed by atoms with Crippen LogP contribution in [-0.2, 0) is 9.47 Å². The van der Waals surface area contributed by atoms with Gasteiger partial charge in [-0.25, -0.2) is 0 Å². The molecule has 2 aromatic rings. The zero-order valence-electron chi connectivity index (χ0n) is 10.7. The average Bonchev–Trinajstić information content (AvgIpc) is 2.83. The summed E-state index contributed by atoms with van der Waals surface area (Å²) in [7, 11) is 1.89. The van der Waals surface area contributed by atoms with Crippen LogP contribution < -0.4 is 5.32 Å². The van der Waals surface area contributed by atoms with Crippen molar-refractivity contribution in [1.82, 2.24) is 5.32 Å². The lowest BCUT2D eigenvalue weighted by Gasteiger charge is -2.28. The average molecular weight is 282 g/mol. The summed E-state index contributed by atoms with van der Waals surface area (Å²) in [6.07, 6.45) is -0.0326. The van der Waals surface area contributed by atoms with Crippen LogP contribution in [0.5, 0.6) is 0 Å². The molecule has 1 saturated heterocycles. The maximum atomic E-state index is 5.99. The van der Waals surface area contributed by atoms with E-state index in [0.29, 0.717) is 24.8 Å². The number of benzene rings is 1. The molecule has 4 nitrogen and oxygen atoms in total. The van der Waals surface area contributed by atoms with E-state index in [1.54, 1.807) is 0 Å². The Hall–Kier alpha value is -1.07. The van der Waals surface area contributed by atoms with E-state index in [-0.39, 0.29) is 12.1 Å². The lowest BCUT2D eigenvalue weighted by molar-refractivity contribution is -0.103. The van der Waals surface area contributed by atoms with Crippen LogP contribution in [0.2, 0.25) is 5.02 Å². The lowest BCUT2D eigenvalue weighted by Crippen LogP contribution is -2.39. The number of halogens is 1. The summed E-state index contributed by atoms with van der Waals surface area (Å²) >= 11 is 5.99. The molecule has 0 saturated carbocycles. The Balaban J connectivity index is 1.91. The van der Waals surface area contributed by atoms with E-state index in [0.717, 1.165) is 16.7 Å². The third-order valence-corrected chi connectivity index (χ3v) is 3.56. The molecule has 0 radical (unpaired) electrons. The highest BCUT2D eigenvalue weighted by molar-refractivity contribution is 6.31. The molecule has 1 aliphatic heterocycles. The van der Waals surface area contributed by atoms with Crippen molar-refractivity contribution in [2.75, 3.05) is 26.9 Å². The van der Waals surface area contributed by atoms with Gasteiger partial charge in [-0.15, -0.1) is 0 Å². The zero-order chi connectivity index (χ0) is 13.2. The summed E-state index contributed by atoms with van der Waals surface area (Å²) in [6, 6.07) is 7.58. The van der Waals surface area contributed by atoms with Crippen molar-refractivity contribution in [3.8, 4) is 0 Å². The van der Waals surface area contributed by atoms with E-state index in [4.69, 9.17) is 25.5 Å². The second-order valence-electron chi connectivity index (χ2n) is 4.58. The number of furan rings is 1. The maximum Gasteiger partial charge on any atom is 0.134 e. The third-order valence-electron chi connectivity index (χ3n) is 3.33. The first kappa shape index (κ1) is 12.9. The SMILES string of the molecule is CNC(c1cc2cc(Cl)ccc2o1)C1COCCO1. The predicted molar refractivity (Wildman–Crippen MR) is 73.6 cm³/mol. The van der Waals surface area contributed by atoms with Gasteiger partial charge in [0.15, 0.2) is 0 Å². The number of hydrogen-bond donors (Lipinski definition) is 1. The van der Waals surface area contributed by atoms with Gasteiger partial charge in [-0.1, -0.05) is 11.6 Å². The number of ether oxygens (including phenoxy) is 2. The van der Waals surface area contributed by atoms with Gasteiger partial charge in [0, 0.05) is 10.4 Å². The second kappa shape index (κ2) is 5.51. The Morgan fingerprint density at radius 3 is 2.95 bits per heavy atom. The predicted octanol–water partition coefficient (Wildman–Crippen LogP) is 2.76. The van der Waals surface area contributed by atoms with E-state index < -0.39 is 0 Å². The first-order valence-corrected chi connectivity index (χ1v) is 6.71. The molecule has 1 aromatic carbocycles. The number of rotatable bonds is 3. The first-order chi connectivity index (χ1) is 9.28. The van der Waals surface area contributed by atoms with Gasteiger partial charge in [-0.05, 0) is 31.3 Å². The number of likely N-dealkylation sites (N-methyl/N-ethyl adjacent to an activating group) is 1. The summed E-state index contributed by atoms with van der Waals surface area (Å²) in [5.41, 5.74) is 0.830. The van der Waals surface area contributed by atoms with E-state index in [2.05, 4.69) is 5.32 Å². The van der Waals surface area contributed by atoms with Crippen LogP contribution in [0.3, 0.4) is 0 Å². The molecule has 2 atom stereocenters. The van der Waals surface area contributed by atoms with Gasteiger partial charge in [0.25, 0.3) is 0 Å². The Morgan fingerprint density at radius 1 is 1.32 bits per heavy atom. The van der Waals surface area contributed by atoms with Crippen molar-refractivity contribution < 1.29 is 13.9 Å². The lowest BCUT2D eigenvalue weighted by atomic mass is 10.1. The van der Waals surface area contributed by atoms with Gasteiger partial charge in [-0.3, -0.25) is 0 Å². The van der Waals surface area contributed by atoms with Crippen LogP contribution in [0.25, 0.3) is 11.0 Å². The molecule has 0 bridgehead atoms. The van der Waals surface area contributed by atoms with Crippen LogP contribution in [0.15, 0.2) is 28.7 Å². The fourth-order valence-electron chi connectivity index (χ4n) is 2.40. The Morgan fingerprint density at radius 2 is 2.21 bits per heavy atom. The van der Waals surface area contributed by atoms with Crippen molar-refractivity contribution in [3.63, 3.8) is 0 Å². The summed E-state index contributed by atoms with van der Waals surface area (Å²) in [5.74, 6) is 0.843. The van der Waals surface area contributed by atoms with Crippen molar-refractivity contribution in [2.45, 2.75) is 12.1 Å². The molecule has 1 aliphatic rings. The molecule has 19 heavy (non-hydrogen) atoms. The first-order valence-electron chi connectivity index (χ1n) is 6.33. The van der Waals surface area contributed by atoms with Gasteiger partial charge in [0.2, 0.25) is 0 Å². The van der Waals surface area contributed by atoms with Gasteiger partial charge in [0.05, 0.1) is 25.9 Å². The van der Waals surface area contributed by atoms with Crippen molar-refractivity contribution in [3.05, 3.63) is 35.0 Å². The molecule has 2 unspecified atom stereocenters. The number of fused-ring (bicyclic) bond motifs is 1. The summed E-state index contributed by atoms with van der Waals surface area (Å²) in [5, 5.41) is 4.94. The van der Waals surface area contributed by atoms with Crippen molar-refractivity contribution in [2.24, 2.45) is 0 Å². The van der Waals surface area contributed by atoms with Gasteiger partial charge in [0.1, 0.15) is 17.4 Å². The van der Waals surface area contributed by atoms with Gasteiger partial charge >= 0.3 is 0 Å². The van der Waals surface area contributed by atoms with Gasteiger partial charge < -0.3 is 19.2 Å². The van der Waals surface area contributed by atoms with Gasteiger partial charge in [-0.2, -0.15) is 0 Å². The molecule has 1 N–H and O–H groups in total. The molecule has 0 amide bonds. The van der Waals surface area contributed by atoms with E-state index in [1.807, 2.05) is 31.3 Å². The molecule has 1 aromatic heterocycles. The minimum Gasteiger partial charge on any atom is -0.459 e. The van der Waals surface area contributed by atoms with Crippen LogP contribution in [0.4, 0.5) is 0 Å². The monoisotopic (exact) mass is 281 g/mol. The molecule has 2 heterocycles. The van der Waals surface area contributed by atoms with Crippen LogP contribution in [0.1, 0.15) is 11.8 Å². The molecule has 0 aliphatic carbocycles. The smallest absolute Gasteiger partial charge is 0.134 e. The van der Waals surface area contributed by atoms with Crippen LogP contribution in [-0.4, -0.2) is 33.0 Å². The number of nitrogens with one attached hydrogen (secondary N) is 1. The van der Waals surface area contributed by atoms with Crippen LogP contribution in [0, 0.1) is 0 Å². The normalized spacial score (nSPS) is 21.7. The zero-order valence-corrected chi connectivity index (χ0v) is 11.4. The minimum absolute atomic E-state index is 0.0218. The number of hydrogen-bond acceptors (Lipinski definition) is 4. The highest BCUT2D eigenvalue weighted by Crippen LogP contribution is 2.29. The highest BCUT2D eigenvalue weighted by Gasteiger charge is 2.28. The fraction of sp³-hybridized carbons (Fsp3) is 0.429. The van der Waals surface area contributed by atoms with E-state index in [9.17, 15) is 0 Å². The van der Waals surface area contributed by atoms with E-state index >= 15 is 0 Å². The van der Waals surface area contributed by atoms with E-state index in [1.165, 1.54) is 0 Å². The molecular weight excluding hydrogens is 266 g/mol. The van der Waals surface area contributed by atoms with Crippen molar-refractivity contribution >= 4 is 22.6 Å². The topological polar surface area (TPSA) is 43.6 Å². The third kappa shape index (κ3) is 2.62. The molecule has 5 heteroatoms. The second-order valence-corrected chi connectivity index (χ2v) is 5.02. The maximum absolute atomic E-state index is 5.99. The summed E-state index contributed by atoms with van der Waals surface area (Å²) in [4.78, 5) is 0. The Kier molecular flexibility index (Phi) is 3.75. The summed E-state index contributed by atoms with van der Waals surface area (Å²) < 4.78 is 17.1. The molecule has 0 spiro atoms. The summed E-state index contributed by atoms with van der Waals surface area (Å²) in [6.45, 7) is 1.85. The molecule has 3 rings (SSSR count). The Labute approximate surface area is 116 Å². The molecular formula is C14H16ClNO3. The fourth-order valence-corrected chi connectivity index (χ4v) is 2.58. The standard InChI is InChI=1S/C14H16ClNO3/c1-16-14(13-8-17-4-5-18-13)12-7-9-6-10(15)2-3-11(9)19-12/h2-3,6-7,13-14,16H,4-5,8H2,1H3.